The molecule has 0 aliphatic rings. The van der Waals surface area contributed by atoms with Crippen LogP contribution in [0.2, 0.25) is 0 Å². The van der Waals surface area contributed by atoms with Crippen molar-refractivity contribution in [3.63, 3.8) is 0 Å². The number of thioether (sulfide) groups is 1. The number of rotatable bonds is 4. The average molecular weight is 313 g/mol. The molecule has 0 aliphatic heterocycles. The minimum Gasteiger partial charge on any atom is -0.457 e. The van der Waals surface area contributed by atoms with E-state index in [1.54, 1.807) is 12.1 Å². The fraction of sp³-hybridized carbons (Fsp3) is 0.200. The molecular formula is C15H14F3NOS. The van der Waals surface area contributed by atoms with Crippen molar-refractivity contribution in [3.05, 3.63) is 53.6 Å². The van der Waals surface area contributed by atoms with Crippen LogP contribution in [0.5, 0.6) is 11.5 Å². The lowest BCUT2D eigenvalue weighted by molar-refractivity contribution is -0.137. The van der Waals surface area contributed by atoms with E-state index in [-0.39, 0.29) is 12.3 Å². The highest BCUT2D eigenvalue weighted by atomic mass is 32.2. The summed E-state index contributed by atoms with van der Waals surface area (Å²) in [4.78, 5) is 0.946. The van der Waals surface area contributed by atoms with Crippen molar-refractivity contribution in [1.29, 1.82) is 0 Å². The molecule has 0 heterocycles. The van der Waals surface area contributed by atoms with Crippen LogP contribution in [0.4, 0.5) is 13.2 Å². The fourth-order valence-electron chi connectivity index (χ4n) is 1.90. The van der Waals surface area contributed by atoms with Crippen LogP contribution in [0.3, 0.4) is 0 Å². The zero-order valence-corrected chi connectivity index (χ0v) is 12.1. The first kappa shape index (κ1) is 15.7. The molecule has 0 aromatic heterocycles. The Labute approximate surface area is 125 Å². The molecule has 0 aliphatic carbocycles. The Hall–Kier alpha value is -1.66. The maximum atomic E-state index is 12.7. The van der Waals surface area contributed by atoms with Crippen LogP contribution < -0.4 is 10.5 Å². The van der Waals surface area contributed by atoms with Gasteiger partial charge >= 0.3 is 6.18 Å². The van der Waals surface area contributed by atoms with Gasteiger partial charge in [-0.3, -0.25) is 0 Å². The topological polar surface area (TPSA) is 35.2 Å². The lowest BCUT2D eigenvalue weighted by Crippen LogP contribution is -2.05. The van der Waals surface area contributed by atoms with Gasteiger partial charge in [0.25, 0.3) is 0 Å². The lowest BCUT2D eigenvalue weighted by Gasteiger charge is -2.14. The van der Waals surface area contributed by atoms with Gasteiger partial charge in [-0.1, -0.05) is 12.1 Å². The van der Waals surface area contributed by atoms with Crippen molar-refractivity contribution in [2.24, 2.45) is 5.73 Å². The number of halogens is 3. The van der Waals surface area contributed by atoms with Gasteiger partial charge in [-0.25, -0.2) is 0 Å². The Morgan fingerprint density at radius 1 is 1.14 bits per heavy atom. The van der Waals surface area contributed by atoms with Gasteiger partial charge in [0.1, 0.15) is 11.5 Å². The molecule has 2 N–H and O–H groups in total. The van der Waals surface area contributed by atoms with Crippen LogP contribution in [0.25, 0.3) is 0 Å². The Balaban J connectivity index is 2.35. The Morgan fingerprint density at radius 3 is 2.48 bits per heavy atom. The summed E-state index contributed by atoms with van der Waals surface area (Å²) in [6.45, 7) is 0.255. The number of hydrogen-bond donors (Lipinski definition) is 1. The van der Waals surface area contributed by atoms with Gasteiger partial charge in [-0.15, -0.1) is 11.8 Å². The van der Waals surface area contributed by atoms with E-state index < -0.39 is 11.7 Å². The van der Waals surface area contributed by atoms with Gasteiger partial charge in [0.05, 0.1) is 5.56 Å². The van der Waals surface area contributed by atoms with Crippen molar-refractivity contribution in [2.75, 3.05) is 6.26 Å². The first-order chi connectivity index (χ1) is 9.95. The number of nitrogens with two attached hydrogens (primary N) is 1. The highest BCUT2D eigenvalue weighted by Crippen LogP contribution is 2.35. The zero-order valence-electron chi connectivity index (χ0n) is 11.3. The van der Waals surface area contributed by atoms with Gasteiger partial charge < -0.3 is 10.5 Å². The molecule has 2 nitrogen and oxygen atoms in total. The molecule has 0 bridgehead atoms. The first-order valence-electron chi connectivity index (χ1n) is 6.16. The number of hydrogen-bond acceptors (Lipinski definition) is 3. The molecule has 6 heteroatoms. The van der Waals surface area contributed by atoms with Crippen LogP contribution in [-0.4, -0.2) is 6.26 Å². The minimum absolute atomic E-state index is 0.137. The summed E-state index contributed by atoms with van der Waals surface area (Å²) in [5.74, 6) is 0.612. The number of benzene rings is 2. The molecule has 0 saturated heterocycles. The van der Waals surface area contributed by atoms with Crippen LogP contribution in [0.15, 0.2) is 47.4 Å². The number of ether oxygens (including phenoxy) is 1. The molecule has 0 unspecified atom stereocenters. The van der Waals surface area contributed by atoms with Crippen LogP contribution in [0.1, 0.15) is 11.1 Å². The second-order valence-corrected chi connectivity index (χ2v) is 5.12. The van der Waals surface area contributed by atoms with E-state index >= 15 is 0 Å². The molecule has 0 saturated carbocycles. The van der Waals surface area contributed by atoms with Gasteiger partial charge in [-0.05, 0) is 36.6 Å². The van der Waals surface area contributed by atoms with Crippen molar-refractivity contribution < 1.29 is 17.9 Å². The standard InChI is InChI=1S/C15H14F3NOS/c1-21-14-7-3-6-13(12(14)9-19)20-11-5-2-4-10(8-11)15(16,17)18/h2-8H,9,19H2,1H3. The third-order valence-corrected chi connectivity index (χ3v) is 3.73. The highest BCUT2D eigenvalue weighted by Gasteiger charge is 2.30. The second kappa shape index (κ2) is 6.41. The van der Waals surface area contributed by atoms with Crippen LogP contribution in [0, 0.1) is 0 Å². The van der Waals surface area contributed by atoms with E-state index in [9.17, 15) is 13.2 Å². The molecular weight excluding hydrogens is 299 g/mol. The summed E-state index contributed by atoms with van der Waals surface area (Å²) in [5, 5.41) is 0. The van der Waals surface area contributed by atoms with Crippen molar-refractivity contribution in [3.8, 4) is 11.5 Å². The monoisotopic (exact) mass is 313 g/mol. The van der Waals surface area contributed by atoms with E-state index in [4.69, 9.17) is 10.5 Å². The summed E-state index contributed by atoms with van der Waals surface area (Å²) >= 11 is 1.51. The van der Waals surface area contributed by atoms with E-state index in [2.05, 4.69) is 0 Å². The van der Waals surface area contributed by atoms with Gasteiger partial charge in [0.15, 0.2) is 0 Å². The largest absolute Gasteiger partial charge is 0.457 e. The van der Waals surface area contributed by atoms with Gasteiger partial charge in [0, 0.05) is 17.0 Å². The summed E-state index contributed by atoms with van der Waals surface area (Å²) in [7, 11) is 0. The van der Waals surface area contributed by atoms with Gasteiger partial charge in [0.2, 0.25) is 0 Å². The summed E-state index contributed by atoms with van der Waals surface area (Å²) in [6, 6.07) is 10.2. The maximum Gasteiger partial charge on any atom is 0.416 e. The second-order valence-electron chi connectivity index (χ2n) is 4.27. The third-order valence-electron chi connectivity index (χ3n) is 2.90. The summed E-state index contributed by atoms with van der Waals surface area (Å²) in [5.41, 5.74) is 5.75. The molecule has 2 aromatic carbocycles. The lowest BCUT2D eigenvalue weighted by atomic mass is 10.2. The maximum absolute atomic E-state index is 12.7. The molecule has 2 rings (SSSR count). The van der Waals surface area contributed by atoms with E-state index in [0.717, 1.165) is 22.6 Å². The highest BCUT2D eigenvalue weighted by molar-refractivity contribution is 7.98. The molecule has 2 aromatic rings. The number of alkyl halides is 3. The Kier molecular flexibility index (Phi) is 4.80. The van der Waals surface area contributed by atoms with Crippen LogP contribution >= 0.6 is 11.8 Å². The van der Waals surface area contributed by atoms with Crippen LogP contribution in [-0.2, 0) is 12.7 Å². The van der Waals surface area contributed by atoms with Crippen molar-refractivity contribution >= 4 is 11.8 Å². The van der Waals surface area contributed by atoms with Gasteiger partial charge in [-0.2, -0.15) is 13.2 Å². The predicted molar refractivity (Wildman–Crippen MR) is 77.6 cm³/mol. The smallest absolute Gasteiger partial charge is 0.416 e. The normalized spacial score (nSPS) is 11.5. The quantitative estimate of drug-likeness (QED) is 0.833. The SMILES string of the molecule is CSc1cccc(Oc2cccc(C(F)(F)F)c2)c1CN. The zero-order chi connectivity index (χ0) is 15.5. The molecule has 112 valence electrons. The van der Waals surface area contributed by atoms with E-state index in [1.807, 2.05) is 12.3 Å². The minimum atomic E-state index is -4.39. The summed E-state index contributed by atoms with van der Waals surface area (Å²) < 4.78 is 43.7. The molecule has 0 spiro atoms. The molecule has 21 heavy (non-hydrogen) atoms. The fourth-order valence-corrected chi connectivity index (χ4v) is 2.54. The predicted octanol–water partition coefficient (Wildman–Crippen LogP) is 4.68. The van der Waals surface area contributed by atoms with Crippen molar-refractivity contribution in [2.45, 2.75) is 17.6 Å². The van der Waals surface area contributed by atoms with Crippen molar-refractivity contribution in [1.82, 2.24) is 0 Å². The molecule has 0 radical (unpaired) electrons. The average Bonchev–Trinajstić information content (AvgIpc) is 2.46. The first-order valence-corrected chi connectivity index (χ1v) is 7.39. The van der Waals surface area contributed by atoms with E-state index in [0.29, 0.717) is 5.75 Å². The third kappa shape index (κ3) is 3.71. The van der Waals surface area contributed by atoms with E-state index in [1.165, 1.54) is 23.9 Å². The Bertz CT molecular complexity index is 629. The molecule has 0 atom stereocenters. The summed E-state index contributed by atoms with van der Waals surface area (Å²) in [6.07, 6.45) is -2.49. The molecule has 0 fully saturated rings. The molecule has 0 amide bonds. The Morgan fingerprint density at radius 2 is 1.86 bits per heavy atom.